The van der Waals surface area contributed by atoms with Crippen molar-refractivity contribution in [3.05, 3.63) is 53.6 Å². The van der Waals surface area contributed by atoms with Gasteiger partial charge in [-0.05, 0) is 67.6 Å². The highest BCUT2D eigenvalue weighted by Crippen LogP contribution is 2.36. The van der Waals surface area contributed by atoms with Gasteiger partial charge in [-0.2, -0.15) is 0 Å². The molecule has 6 nitrogen and oxygen atoms in total. The summed E-state index contributed by atoms with van der Waals surface area (Å²) >= 11 is -1.56. The molecule has 0 spiro atoms. The molecule has 0 saturated carbocycles. The van der Waals surface area contributed by atoms with E-state index in [1.807, 2.05) is 37.3 Å². The Balaban J connectivity index is 1.58. The molecular formula is C23H29NO5S. The summed E-state index contributed by atoms with van der Waals surface area (Å²) in [7, 11) is 0. The lowest BCUT2D eigenvalue weighted by molar-refractivity contribution is -0.147. The second-order valence-corrected chi connectivity index (χ2v) is 8.15. The third-order valence-corrected chi connectivity index (χ3v) is 5.77. The Morgan fingerprint density at radius 2 is 1.90 bits per heavy atom. The van der Waals surface area contributed by atoms with Crippen LogP contribution >= 0.6 is 0 Å². The molecule has 1 aliphatic carbocycles. The number of nitrogens with one attached hydrogen (secondary N) is 1. The maximum atomic E-state index is 12.1. The van der Waals surface area contributed by atoms with Gasteiger partial charge in [-0.1, -0.05) is 31.9 Å². The molecule has 0 bridgehead atoms. The summed E-state index contributed by atoms with van der Waals surface area (Å²) in [4.78, 5) is 12.1. The molecule has 0 heterocycles. The van der Waals surface area contributed by atoms with Gasteiger partial charge in [-0.25, -0.2) is 4.21 Å². The van der Waals surface area contributed by atoms with Gasteiger partial charge in [-0.15, -0.1) is 0 Å². The van der Waals surface area contributed by atoms with Gasteiger partial charge in [0.05, 0.1) is 19.1 Å². The van der Waals surface area contributed by atoms with Crippen molar-refractivity contribution in [1.82, 2.24) is 0 Å². The number of hydrogen-bond acceptors (Lipinski definition) is 5. The van der Waals surface area contributed by atoms with Gasteiger partial charge in [0.15, 0.2) is 0 Å². The van der Waals surface area contributed by atoms with Gasteiger partial charge < -0.3 is 9.47 Å². The number of hydrogen-bond donors (Lipinski definition) is 1. The Hall–Kier alpha value is -2.38. The first-order chi connectivity index (χ1) is 14.6. The molecule has 2 aromatic rings. The van der Waals surface area contributed by atoms with Crippen molar-refractivity contribution in [1.29, 1.82) is 0 Å². The molecule has 0 aliphatic heterocycles. The Bertz CT molecular complexity index is 868. The van der Waals surface area contributed by atoms with Crippen LogP contribution in [0, 0.1) is 5.92 Å². The second-order valence-electron chi connectivity index (χ2n) is 7.24. The zero-order valence-electron chi connectivity index (χ0n) is 17.5. The molecule has 1 N–H and O–H groups in total. The van der Waals surface area contributed by atoms with Crippen LogP contribution in [0.15, 0.2) is 42.5 Å². The van der Waals surface area contributed by atoms with Crippen LogP contribution in [-0.4, -0.2) is 23.4 Å². The first-order valence-electron chi connectivity index (χ1n) is 10.5. The van der Waals surface area contributed by atoms with Crippen LogP contribution in [0.3, 0.4) is 0 Å². The van der Waals surface area contributed by atoms with E-state index in [1.165, 1.54) is 0 Å². The Kier molecular flexibility index (Phi) is 8.28. The quantitative estimate of drug-likeness (QED) is 0.402. The first-order valence-corrected chi connectivity index (χ1v) is 11.5. The van der Waals surface area contributed by atoms with E-state index in [0.717, 1.165) is 36.1 Å². The molecule has 2 unspecified atom stereocenters. The molecule has 0 amide bonds. The third kappa shape index (κ3) is 6.06. The van der Waals surface area contributed by atoms with Crippen LogP contribution in [-0.2, 0) is 37.8 Å². The van der Waals surface area contributed by atoms with Crippen LogP contribution in [0.5, 0.6) is 11.5 Å². The maximum absolute atomic E-state index is 12.1. The van der Waals surface area contributed by atoms with E-state index in [2.05, 4.69) is 11.6 Å². The summed E-state index contributed by atoms with van der Waals surface area (Å²) in [6, 6.07) is 13.1. The number of carbonyl (C=O) groups excluding carboxylic acids is 1. The number of rotatable bonds is 11. The number of anilines is 1. The molecular weight excluding hydrogens is 402 g/mol. The van der Waals surface area contributed by atoms with Crippen molar-refractivity contribution in [2.45, 2.75) is 46.0 Å². The molecule has 1 aliphatic rings. The summed E-state index contributed by atoms with van der Waals surface area (Å²) in [5.41, 5.74) is 2.87. The second kappa shape index (κ2) is 11.1. The summed E-state index contributed by atoms with van der Waals surface area (Å²) in [6.07, 6.45) is 4.36. The lowest BCUT2D eigenvalue weighted by Crippen LogP contribution is -2.17. The molecule has 2 atom stereocenters. The average Bonchev–Trinajstić information content (AvgIpc) is 3.18. The van der Waals surface area contributed by atoms with Gasteiger partial charge >= 0.3 is 5.97 Å². The van der Waals surface area contributed by atoms with Gasteiger partial charge in [0.2, 0.25) is 0 Å². The molecule has 162 valence electrons. The normalized spacial score (nSPS) is 16.0. The number of fused-ring (bicyclic) bond motifs is 1. The van der Waals surface area contributed by atoms with Crippen LogP contribution < -0.4 is 9.46 Å². The average molecular weight is 432 g/mol. The minimum Gasteiger partial charge on any atom is -0.466 e. The van der Waals surface area contributed by atoms with E-state index >= 15 is 0 Å². The summed E-state index contributed by atoms with van der Waals surface area (Å²) in [5.74, 6) is 1.12. The minimum atomic E-state index is -1.56. The topological polar surface area (TPSA) is 73.9 Å². The van der Waals surface area contributed by atoms with E-state index in [-0.39, 0.29) is 11.9 Å². The number of ether oxygens (including phenoxy) is 2. The van der Waals surface area contributed by atoms with Crippen molar-refractivity contribution in [3.8, 4) is 11.5 Å². The van der Waals surface area contributed by atoms with Gasteiger partial charge in [0.25, 0.3) is 11.3 Å². The van der Waals surface area contributed by atoms with Gasteiger partial charge in [0.1, 0.15) is 11.5 Å². The number of unbranched alkanes of at least 4 members (excludes halogenated alkanes) is 2. The largest absolute Gasteiger partial charge is 0.466 e. The van der Waals surface area contributed by atoms with Gasteiger partial charge in [-0.3, -0.25) is 13.7 Å². The zero-order chi connectivity index (χ0) is 21.3. The minimum absolute atomic E-state index is 0.149. The highest BCUT2D eigenvalue weighted by Gasteiger charge is 2.30. The van der Waals surface area contributed by atoms with E-state index in [0.29, 0.717) is 37.5 Å². The number of benzene rings is 2. The Morgan fingerprint density at radius 1 is 1.10 bits per heavy atom. The van der Waals surface area contributed by atoms with Crippen LogP contribution in [0.1, 0.15) is 44.2 Å². The monoisotopic (exact) mass is 431 g/mol. The molecule has 7 heteroatoms. The lowest BCUT2D eigenvalue weighted by Gasteiger charge is -2.12. The van der Waals surface area contributed by atoms with E-state index < -0.39 is 11.3 Å². The van der Waals surface area contributed by atoms with E-state index in [4.69, 9.17) is 13.7 Å². The third-order valence-electron chi connectivity index (χ3n) is 4.99. The smallest absolute Gasteiger partial charge is 0.309 e. The Labute approximate surface area is 180 Å². The molecule has 2 aromatic carbocycles. The number of esters is 1. The van der Waals surface area contributed by atoms with Crippen LogP contribution in [0.2, 0.25) is 0 Å². The van der Waals surface area contributed by atoms with Gasteiger partial charge in [0, 0.05) is 5.69 Å². The highest BCUT2D eigenvalue weighted by atomic mass is 32.2. The van der Waals surface area contributed by atoms with Crippen molar-refractivity contribution < 1.29 is 22.7 Å². The predicted molar refractivity (Wildman–Crippen MR) is 118 cm³/mol. The lowest BCUT2D eigenvalue weighted by atomic mass is 10.1. The van der Waals surface area contributed by atoms with E-state index in [9.17, 15) is 9.00 Å². The molecule has 0 saturated heterocycles. The predicted octanol–water partition coefficient (Wildman–Crippen LogP) is 4.95. The molecule has 0 aromatic heterocycles. The maximum Gasteiger partial charge on any atom is 0.309 e. The Morgan fingerprint density at radius 3 is 2.63 bits per heavy atom. The standard InChI is InChI=1S/C23H29NO5S/c1-3-5-6-14-28-30(26)24-19-10-12-20(13-11-19)29-22-9-7-8-17-15-18(16-21(17)22)23(25)27-4-2/h7-13,18,24H,3-6,14-16H2,1-2H3. The van der Waals surface area contributed by atoms with Crippen molar-refractivity contribution >= 4 is 22.9 Å². The fourth-order valence-electron chi connectivity index (χ4n) is 3.47. The van der Waals surface area contributed by atoms with Crippen molar-refractivity contribution in [3.63, 3.8) is 0 Å². The highest BCUT2D eigenvalue weighted by molar-refractivity contribution is 7.81. The molecule has 0 radical (unpaired) electrons. The molecule has 0 fully saturated rings. The fourth-order valence-corrected chi connectivity index (χ4v) is 4.13. The van der Waals surface area contributed by atoms with Crippen LogP contribution in [0.25, 0.3) is 0 Å². The zero-order valence-corrected chi connectivity index (χ0v) is 18.3. The van der Waals surface area contributed by atoms with Crippen LogP contribution in [0.4, 0.5) is 5.69 Å². The first kappa shape index (κ1) is 22.3. The summed E-state index contributed by atoms with van der Waals surface area (Å²) in [5, 5.41) is 0. The summed E-state index contributed by atoms with van der Waals surface area (Å²) < 4.78 is 31.3. The van der Waals surface area contributed by atoms with E-state index in [1.54, 1.807) is 12.1 Å². The fraction of sp³-hybridized carbons (Fsp3) is 0.435. The SMILES string of the molecule is CCCCCOS(=O)Nc1ccc(Oc2cccc3c2CC(C(=O)OCC)C3)cc1. The molecule has 30 heavy (non-hydrogen) atoms. The van der Waals surface area contributed by atoms with Crippen molar-refractivity contribution in [2.24, 2.45) is 5.92 Å². The summed E-state index contributed by atoms with van der Waals surface area (Å²) in [6.45, 7) is 4.80. The molecule has 3 rings (SSSR count). The van der Waals surface area contributed by atoms with Crippen molar-refractivity contribution in [2.75, 3.05) is 17.9 Å². The number of carbonyl (C=O) groups is 1.